The highest BCUT2D eigenvalue weighted by Gasteiger charge is 2.11. The van der Waals surface area contributed by atoms with Crippen LogP contribution in [0.15, 0.2) is 28.7 Å². The van der Waals surface area contributed by atoms with E-state index in [0.717, 1.165) is 18.2 Å². The molecule has 1 aromatic carbocycles. The van der Waals surface area contributed by atoms with Gasteiger partial charge in [-0.15, -0.1) is 11.6 Å². The van der Waals surface area contributed by atoms with Crippen LogP contribution >= 0.6 is 27.5 Å². The summed E-state index contributed by atoms with van der Waals surface area (Å²) in [6, 6.07) is 8.40. The molecule has 0 saturated carbocycles. The van der Waals surface area contributed by atoms with Crippen molar-refractivity contribution in [3.63, 3.8) is 0 Å². The van der Waals surface area contributed by atoms with Crippen molar-refractivity contribution in [2.75, 3.05) is 5.88 Å². The molecule has 15 heavy (non-hydrogen) atoms. The van der Waals surface area contributed by atoms with Crippen molar-refractivity contribution in [1.82, 2.24) is 0 Å². The Labute approximate surface area is 106 Å². The Hall–Kier alpha value is -0.0100. The third-order valence-corrected chi connectivity index (χ3v) is 3.70. The van der Waals surface area contributed by atoms with Crippen molar-refractivity contribution in [1.29, 1.82) is 0 Å². The standard InChI is InChI=1S/C13H18BrCl/c1-10(2)7-11(9-15)8-12-5-3-4-6-13(12)14/h3-6,10-11H,7-9H2,1-2H3. The zero-order valence-corrected chi connectivity index (χ0v) is 11.7. The number of rotatable bonds is 5. The average Bonchev–Trinajstić information content (AvgIpc) is 2.19. The molecule has 0 N–H and O–H groups in total. The van der Waals surface area contributed by atoms with Gasteiger partial charge in [0.2, 0.25) is 0 Å². The quantitative estimate of drug-likeness (QED) is 0.677. The van der Waals surface area contributed by atoms with Crippen molar-refractivity contribution in [2.24, 2.45) is 11.8 Å². The molecule has 0 aliphatic rings. The summed E-state index contributed by atoms with van der Waals surface area (Å²) >= 11 is 9.58. The Morgan fingerprint density at radius 1 is 1.27 bits per heavy atom. The van der Waals surface area contributed by atoms with E-state index in [0.29, 0.717) is 5.92 Å². The Balaban J connectivity index is 2.62. The van der Waals surface area contributed by atoms with E-state index in [9.17, 15) is 0 Å². The summed E-state index contributed by atoms with van der Waals surface area (Å²) < 4.78 is 1.20. The molecule has 1 rings (SSSR count). The lowest BCUT2D eigenvalue weighted by atomic mass is 9.92. The van der Waals surface area contributed by atoms with Gasteiger partial charge in [-0.25, -0.2) is 0 Å². The summed E-state index contributed by atoms with van der Waals surface area (Å²) in [5.41, 5.74) is 1.36. The van der Waals surface area contributed by atoms with Crippen molar-refractivity contribution in [2.45, 2.75) is 26.7 Å². The minimum absolute atomic E-state index is 0.588. The maximum Gasteiger partial charge on any atom is 0.0255 e. The van der Waals surface area contributed by atoms with Crippen LogP contribution in [0.1, 0.15) is 25.8 Å². The highest BCUT2D eigenvalue weighted by Crippen LogP contribution is 2.23. The number of halogens is 2. The second kappa shape index (κ2) is 6.55. The highest BCUT2D eigenvalue weighted by atomic mass is 79.9. The van der Waals surface area contributed by atoms with E-state index in [2.05, 4.69) is 48.0 Å². The summed E-state index contributed by atoms with van der Waals surface area (Å²) in [5.74, 6) is 2.06. The first-order valence-electron chi connectivity index (χ1n) is 5.42. The molecule has 0 aliphatic carbocycles. The molecule has 1 unspecified atom stereocenters. The predicted molar refractivity (Wildman–Crippen MR) is 71.5 cm³/mol. The fourth-order valence-electron chi connectivity index (χ4n) is 1.84. The Morgan fingerprint density at radius 3 is 2.47 bits per heavy atom. The molecule has 1 aromatic rings. The molecule has 0 fully saturated rings. The van der Waals surface area contributed by atoms with Crippen molar-refractivity contribution < 1.29 is 0 Å². The molecule has 1 atom stereocenters. The highest BCUT2D eigenvalue weighted by molar-refractivity contribution is 9.10. The van der Waals surface area contributed by atoms with Gasteiger partial charge >= 0.3 is 0 Å². The Kier molecular flexibility index (Phi) is 5.70. The molecule has 0 radical (unpaired) electrons. The molecule has 84 valence electrons. The van der Waals surface area contributed by atoms with Crippen LogP contribution < -0.4 is 0 Å². The van der Waals surface area contributed by atoms with E-state index >= 15 is 0 Å². The summed E-state index contributed by atoms with van der Waals surface area (Å²) in [7, 11) is 0. The molecule has 2 heteroatoms. The molecule has 0 bridgehead atoms. The van der Waals surface area contributed by atoms with Gasteiger partial charge in [-0.2, -0.15) is 0 Å². The SMILES string of the molecule is CC(C)CC(CCl)Cc1ccccc1Br. The first-order valence-corrected chi connectivity index (χ1v) is 6.75. The number of alkyl halides is 1. The van der Waals surface area contributed by atoms with Gasteiger partial charge in [0.1, 0.15) is 0 Å². The average molecular weight is 290 g/mol. The Bertz CT molecular complexity index is 296. The van der Waals surface area contributed by atoms with Gasteiger partial charge in [0.15, 0.2) is 0 Å². The molecular formula is C13H18BrCl. The van der Waals surface area contributed by atoms with E-state index in [-0.39, 0.29) is 0 Å². The maximum absolute atomic E-state index is 6.00. The summed E-state index contributed by atoms with van der Waals surface area (Å²) in [6.45, 7) is 4.50. The van der Waals surface area contributed by atoms with E-state index in [4.69, 9.17) is 11.6 Å². The van der Waals surface area contributed by atoms with Crippen LogP contribution in [0.25, 0.3) is 0 Å². The minimum Gasteiger partial charge on any atom is -0.126 e. The van der Waals surface area contributed by atoms with Crippen LogP contribution in [0.4, 0.5) is 0 Å². The third-order valence-electron chi connectivity index (χ3n) is 2.49. The van der Waals surface area contributed by atoms with E-state index in [1.54, 1.807) is 0 Å². The van der Waals surface area contributed by atoms with Gasteiger partial charge in [0, 0.05) is 10.4 Å². The first-order chi connectivity index (χ1) is 7.13. The first kappa shape index (κ1) is 13.1. The number of hydrogen-bond acceptors (Lipinski definition) is 0. The Morgan fingerprint density at radius 2 is 1.93 bits per heavy atom. The molecule has 0 saturated heterocycles. The molecule has 0 spiro atoms. The predicted octanol–water partition coefficient (Wildman–Crippen LogP) is 4.89. The summed E-state index contributed by atoms with van der Waals surface area (Å²) in [5, 5.41) is 0. The topological polar surface area (TPSA) is 0 Å². The fourth-order valence-corrected chi connectivity index (χ4v) is 2.52. The monoisotopic (exact) mass is 288 g/mol. The van der Waals surface area contributed by atoms with E-state index < -0.39 is 0 Å². The van der Waals surface area contributed by atoms with Crippen LogP contribution in [-0.4, -0.2) is 5.88 Å². The van der Waals surface area contributed by atoms with E-state index in [1.807, 2.05) is 6.07 Å². The normalized spacial score (nSPS) is 13.1. The zero-order chi connectivity index (χ0) is 11.3. The summed E-state index contributed by atoms with van der Waals surface area (Å²) in [6.07, 6.45) is 2.27. The number of hydrogen-bond donors (Lipinski definition) is 0. The van der Waals surface area contributed by atoms with Crippen molar-refractivity contribution in [3.8, 4) is 0 Å². The fraction of sp³-hybridized carbons (Fsp3) is 0.538. The van der Waals surface area contributed by atoms with E-state index in [1.165, 1.54) is 16.5 Å². The molecule has 0 nitrogen and oxygen atoms in total. The van der Waals surface area contributed by atoms with Crippen LogP contribution in [0.3, 0.4) is 0 Å². The molecule has 0 aromatic heterocycles. The second-order valence-corrected chi connectivity index (χ2v) is 5.61. The minimum atomic E-state index is 0.588. The largest absolute Gasteiger partial charge is 0.126 e. The lowest BCUT2D eigenvalue weighted by molar-refractivity contribution is 0.441. The van der Waals surface area contributed by atoms with Crippen LogP contribution in [-0.2, 0) is 6.42 Å². The molecular weight excluding hydrogens is 272 g/mol. The summed E-state index contributed by atoms with van der Waals surface area (Å²) in [4.78, 5) is 0. The third kappa shape index (κ3) is 4.56. The molecule has 0 heterocycles. The van der Waals surface area contributed by atoms with Gasteiger partial charge in [-0.3, -0.25) is 0 Å². The molecule has 0 aliphatic heterocycles. The van der Waals surface area contributed by atoms with Gasteiger partial charge in [-0.05, 0) is 36.3 Å². The lowest BCUT2D eigenvalue weighted by Gasteiger charge is -2.16. The van der Waals surface area contributed by atoms with Crippen molar-refractivity contribution in [3.05, 3.63) is 34.3 Å². The second-order valence-electron chi connectivity index (χ2n) is 4.45. The van der Waals surface area contributed by atoms with Gasteiger partial charge in [0.25, 0.3) is 0 Å². The lowest BCUT2D eigenvalue weighted by Crippen LogP contribution is -2.10. The maximum atomic E-state index is 6.00. The van der Waals surface area contributed by atoms with Gasteiger partial charge < -0.3 is 0 Å². The smallest absolute Gasteiger partial charge is 0.0255 e. The molecule has 0 amide bonds. The van der Waals surface area contributed by atoms with Crippen LogP contribution in [0.5, 0.6) is 0 Å². The number of benzene rings is 1. The zero-order valence-electron chi connectivity index (χ0n) is 9.34. The van der Waals surface area contributed by atoms with Gasteiger partial charge in [-0.1, -0.05) is 48.0 Å². The van der Waals surface area contributed by atoms with Crippen LogP contribution in [0.2, 0.25) is 0 Å². The van der Waals surface area contributed by atoms with Crippen molar-refractivity contribution >= 4 is 27.5 Å². The van der Waals surface area contributed by atoms with Crippen LogP contribution in [0, 0.1) is 11.8 Å². The van der Waals surface area contributed by atoms with Gasteiger partial charge in [0.05, 0.1) is 0 Å².